The van der Waals surface area contributed by atoms with E-state index in [2.05, 4.69) is 20.9 Å². The van der Waals surface area contributed by atoms with E-state index in [-0.39, 0.29) is 11.7 Å². The summed E-state index contributed by atoms with van der Waals surface area (Å²) >= 11 is 3.56. The molecule has 1 aliphatic heterocycles. The number of carbonyl (C=O) groups excluding carboxylic acids is 1. The lowest BCUT2D eigenvalue weighted by molar-refractivity contribution is -0.265. The monoisotopic (exact) mass is 383 g/mol. The fourth-order valence-electron chi connectivity index (χ4n) is 3.27. The first-order chi connectivity index (χ1) is 10.8. The van der Waals surface area contributed by atoms with Gasteiger partial charge in [0.2, 0.25) is 0 Å². The average molecular weight is 384 g/mol. The zero-order chi connectivity index (χ0) is 16.9. The molecule has 1 aliphatic rings. The minimum Gasteiger partial charge on any atom is -0.427 e. The Bertz CT molecular complexity index is 799. The number of esters is 1. The molecule has 2 heterocycles. The zero-order valence-electron chi connectivity index (χ0n) is 13.5. The van der Waals surface area contributed by atoms with Crippen LogP contribution in [0.4, 0.5) is 4.39 Å². The Morgan fingerprint density at radius 1 is 1.52 bits per heavy atom. The van der Waals surface area contributed by atoms with E-state index in [4.69, 9.17) is 9.47 Å². The summed E-state index contributed by atoms with van der Waals surface area (Å²) in [5, 5.41) is 0.804. The number of H-pyrrole nitrogens is 1. The molecule has 0 spiro atoms. The van der Waals surface area contributed by atoms with E-state index >= 15 is 0 Å². The van der Waals surface area contributed by atoms with Gasteiger partial charge in [-0.1, -0.05) is 13.8 Å². The van der Waals surface area contributed by atoms with Crippen molar-refractivity contribution in [2.24, 2.45) is 5.92 Å². The van der Waals surface area contributed by atoms with E-state index in [1.54, 1.807) is 0 Å². The Hall–Kier alpha value is -1.40. The molecule has 0 aliphatic carbocycles. The first kappa shape index (κ1) is 16.5. The van der Waals surface area contributed by atoms with E-state index in [9.17, 15) is 9.18 Å². The molecule has 1 unspecified atom stereocenters. The second-order valence-corrected chi connectivity index (χ2v) is 7.03. The van der Waals surface area contributed by atoms with Crippen molar-refractivity contribution in [1.82, 2.24) is 4.98 Å². The molecule has 23 heavy (non-hydrogen) atoms. The third-order valence-electron chi connectivity index (χ3n) is 4.32. The summed E-state index contributed by atoms with van der Waals surface area (Å²) in [4.78, 5) is 14.8. The van der Waals surface area contributed by atoms with Crippen LogP contribution in [0.1, 0.15) is 37.6 Å². The summed E-state index contributed by atoms with van der Waals surface area (Å²) in [6.07, 6.45) is 0.632. The van der Waals surface area contributed by atoms with Crippen LogP contribution in [0.5, 0.6) is 0 Å². The van der Waals surface area contributed by atoms with Crippen molar-refractivity contribution in [3.63, 3.8) is 0 Å². The summed E-state index contributed by atoms with van der Waals surface area (Å²) in [5.74, 6) is -2.09. The molecule has 0 radical (unpaired) electrons. The smallest absolute Gasteiger partial charge is 0.305 e. The molecule has 6 heteroatoms. The quantitative estimate of drug-likeness (QED) is 0.785. The third-order valence-corrected chi connectivity index (χ3v) is 5.35. The van der Waals surface area contributed by atoms with Crippen molar-refractivity contribution in [1.29, 1.82) is 0 Å². The van der Waals surface area contributed by atoms with Gasteiger partial charge >= 0.3 is 5.97 Å². The van der Waals surface area contributed by atoms with E-state index in [1.807, 2.05) is 20.8 Å². The molecule has 3 rings (SSSR count). The van der Waals surface area contributed by atoms with Crippen molar-refractivity contribution >= 4 is 32.8 Å². The minimum atomic E-state index is -1.21. The Kier molecular flexibility index (Phi) is 4.01. The summed E-state index contributed by atoms with van der Waals surface area (Å²) < 4.78 is 26.8. The maximum absolute atomic E-state index is 14.4. The van der Waals surface area contributed by atoms with Crippen LogP contribution in [0, 0.1) is 18.7 Å². The van der Waals surface area contributed by atoms with Gasteiger partial charge < -0.3 is 14.5 Å². The van der Waals surface area contributed by atoms with Gasteiger partial charge in [0, 0.05) is 22.7 Å². The van der Waals surface area contributed by atoms with Gasteiger partial charge in [-0.3, -0.25) is 4.79 Å². The maximum atomic E-state index is 14.4. The first-order valence-corrected chi connectivity index (χ1v) is 8.40. The van der Waals surface area contributed by atoms with Crippen LogP contribution in [-0.4, -0.2) is 17.6 Å². The predicted octanol–water partition coefficient (Wildman–Crippen LogP) is 4.32. The highest BCUT2D eigenvalue weighted by atomic mass is 79.9. The minimum absolute atomic E-state index is 0.124. The fourth-order valence-corrected chi connectivity index (χ4v) is 3.83. The molecule has 0 amide bonds. The number of aryl methyl sites for hydroxylation is 1. The van der Waals surface area contributed by atoms with Crippen LogP contribution in [0.2, 0.25) is 0 Å². The van der Waals surface area contributed by atoms with Gasteiger partial charge in [0.1, 0.15) is 5.82 Å². The van der Waals surface area contributed by atoms with Gasteiger partial charge in [0.25, 0.3) is 5.79 Å². The topological polar surface area (TPSA) is 51.3 Å². The molecule has 0 saturated heterocycles. The number of halogens is 2. The summed E-state index contributed by atoms with van der Waals surface area (Å²) in [5.41, 5.74) is 2.81. The number of benzene rings is 1. The highest BCUT2D eigenvalue weighted by molar-refractivity contribution is 9.10. The molecule has 1 aromatic carbocycles. The zero-order valence-corrected chi connectivity index (χ0v) is 15.1. The van der Waals surface area contributed by atoms with E-state index in [1.165, 1.54) is 13.0 Å². The lowest BCUT2D eigenvalue weighted by atomic mass is 9.91. The number of fused-ring (bicyclic) bond motifs is 3. The average Bonchev–Trinajstić information content (AvgIpc) is 2.85. The maximum Gasteiger partial charge on any atom is 0.305 e. The Morgan fingerprint density at radius 2 is 2.22 bits per heavy atom. The summed E-state index contributed by atoms with van der Waals surface area (Å²) in [6, 6.07) is 1.48. The number of aromatic amines is 1. The molecular formula is C17H19BrFNO3. The highest BCUT2D eigenvalue weighted by Gasteiger charge is 2.47. The number of nitrogens with one attached hydrogen (secondary N) is 1. The number of hydrogen-bond acceptors (Lipinski definition) is 3. The Balaban J connectivity index is 2.35. The van der Waals surface area contributed by atoms with E-state index in [0.29, 0.717) is 24.2 Å². The lowest BCUT2D eigenvalue weighted by Crippen LogP contribution is -2.44. The Morgan fingerprint density at radius 3 is 2.83 bits per heavy atom. The first-order valence-electron chi connectivity index (χ1n) is 7.61. The largest absolute Gasteiger partial charge is 0.427 e. The second-order valence-electron chi connectivity index (χ2n) is 6.23. The number of ether oxygens (including phenoxy) is 2. The molecule has 2 aromatic rings. The molecule has 124 valence electrons. The molecule has 0 saturated carbocycles. The highest BCUT2D eigenvalue weighted by Crippen LogP contribution is 2.45. The van der Waals surface area contributed by atoms with Crippen molar-refractivity contribution < 1.29 is 18.7 Å². The summed E-state index contributed by atoms with van der Waals surface area (Å²) in [6.45, 7) is 7.45. The number of aromatic nitrogens is 1. The number of rotatable bonds is 2. The Labute approximate surface area is 142 Å². The summed E-state index contributed by atoms with van der Waals surface area (Å²) in [7, 11) is 0. The molecule has 4 nitrogen and oxygen atoms in total. The third kappa shape index (κ3) is 2.39. The molecule has 1 atom stereocenters. The SMILES string of the molecule is CC(=O)OC1(C(C)C)OCCc2c1[nH]c1c(F)cc(C)c(Br)c21. The van der Waals surface area contributed by atoms with Gasteiger partial charge in [-0.25, -0.2) is 4.39 Å². The van der Waals surface area contributed by atoms with Gasteiger partial charge in [0.05, 0.1) is 17.8 Å². The van der Waals surface area contributed by atoms with Crippen molar-refractivity contribution in [2.45, 2.75) is 39.9 Å². The molecule has 0 bridgehead atoms. The van der Waals surface area contributed by atoms with Crippen molar-refractivity contribution in [2.75, 3.05) is 6.61 Å². The van der Waals surface area contributed by atoms with Crippen LogP contribution >= 0.6 is 15.9 Å². The molecular weight excluding hydrogens is 365 g/mol. The normalized spacial score (nSPS) is 20.8. The lowest BCUT2D eigenvalue weighted by Gasteiger charge is -2.39. The van der Waals surface area contributed by atoms with E-state index in [0.717, 1.165) is 21.0 Å². The van der Waals surface area contributed by atoms with Gasteiger partial charge in [-0.15, -0.1) is 0 Å². The molecule has 1 N–H and O–H groups in total. The van der Waals surface area contributed by atoms with Crippen LogP contribution in [-0.2, 0) is 26.5 Å². The second kappa shape index (κ2) is 5.60. The van der Waals surface area contributed by atoms with Crippen molar-refractivity contribution in [3.8, 4) is 0 Å². The van der Waals surface area contributed by atoms with Gasteiger partial charge in [-0.2, -0.15) is 0 Å². The fraction of sp³-hybridized carbons (Fsp3) is 0.471. The van der Waals surface area contributed by atoms with Crippen LogP contribution in [0.3, 0.4) is 0 Å². The number of carbonyl (C=O) groups is 1. The molecule has 1 aromatic heterocycles. The van der Waals surface area contributed by atoms with E-state index < -0.39 is 11.8 Å². The van der Waals surface area contributed by atoms with Gasteiger partial charge in [-0.05, 0) is 46.5 Å². The van der Waals surface area contributed by atoms with Crippen LogP contribution in [0.15, 0.2) is 10.5 Å². The van der Waals surface area contributed by atoms with Crippen LogP contribution < -0.4 is 0 Å². The predicted molar refractivity (Wildman–Crippen MR) is 88.6 cm³/mol. The van der Waals surface area contributed by atoms with Crippen molar-refractivity contribution in [3.05, 3.63) is 33.2 Å². The standard InChI is InChI=1S/C17H19BrFNO3/c1-8(2)17(23-10(4)21)16-11(5-6-22-17)13-14(18)9(3)7-12(19)15(13)20-16/h7-8,20H,5-6H2,1-4H3. The number of hydrogen-bond donors (Lipinski definition) is 1. The van der Waals surface area contributed by atoms with Gasteiger partial charge in [0.15, 0.2) is 0 Å². The molecule has 0 fully saturated rings. The van der Waals surface area contributed by atoms with Crippen LogP contribution in [0.25, 0.3) is 10.9 Å².